The molecule has 0 atom stereocenters. The topological polar surface area (TPSA) is 113 Å². The highest BCUT2D eigenvalue weighted by Gasteiger charge is 2.21. The van der Waals surface area contributed by atoms with Gasteiger partial charge in [0, 0.05) is 11.1 Å². The molecule has 0 saturated carbocycles. The largest absolute Gasteiger partial charge is 0.458 e. The third kappa shape index (κ3) is 7.20. The van der Waals surface area contributed by atoms with Gasteiger partial charge in [0.1, 0.15) is 13.2 Å². The van der Waals surface area contributed by atoms with Crippen molar-refractivity contribution in [2.24, 2.45) is 0 Å². The maximum Gasteiger partial charge on any atom is 0.338 e. The average Bonchev–Trinajstić information content (AvgIpc) is 2.90. The molecule has 8 heteroatoms. The van der Waals surface area contributed by atoms with Crippen LogP contribution in [0.4, 0.5) is 0 Å². The highest BCUT2D eigenvalue weighted by Crippen LogP contribution is 2.11. The molecule has 0 aliphatic carbocycles. The van der Waals surface area contributed by atoms with E-state index in [0.717, 1.165) is 0 Å². The fraction of sp³-hybridized carbons (Fsp3) is 0.179. The lowest BCUT2D eigenvalue weighted by atomic mass is 10.1. The number of Topliss-reactive ketones (excluding diaryl/α,β-unsaturated/α-hetero) is 2. The quantitative estimate of drug-likeness (QED) is 0.235. The molecule has 0 saturated heterocycles. The number of rotatable bonds is 10. The highest BCUT2D eigenvalue weighted by atomic mass is 16.6. The highest BCUT2D eigenvalue weighted by molar-refractivity contribution is 5.97. The number of esters is 3. The first kappa shape index (κ1) is 26.0. The molecule has 0 aliphatic heterocycles. The second-order valence-corrected chi connectivity index (χ2v) is 7.86. The predicted octanol–water partition coefficient (Wildman–Crippen LogP) is 4.33. The molecule has 0 radical (unpaired) electrons. The number of hydrogen-bond donors (Lipinski definition) is 0. The molecule has 0 spiro atoms. The van der Waals surface area contributed by atoms with Gasteiger partial charge in [-0.05, 0) is 50.2 Å². The molecular weight excluding hydrogens is 464 g/mol. The van der Waals surface area contributed by atoms with Crippen LogP contribution < -0.4 is 0 Å². The molecule has 3 aromatic carbocycles. The van der Waals surface area contributed by atoms with Crippen molar-refractivity contribution in [3.8, 4) is 0 Å². The van der Waals surface area contributed by atoms with Gasteiger partial charge >= 0.3 is 17.9 Å². The maximum absolute atomic E-state index is 12.5. The summed E-state index contributed by atoms with van der Waals surface area (Å²) in [7, 11) is 0. The van der Waals surface area contributed by atoms with Gasteiger partial charge in [0.05, 0.1) is 16.7 Å². The van der Waals surface area contributed by atoms with Crippen molar-refractivity contribution in [2.75, 3.05) is 13.2 Å². The Balaban J connectivity index is 1.66. The van der Waals surface area contributed by atoms with Crippen LogP contribution in [0.5, 0.6) is 0 Å². The molecule has 0 aromatic heterocycles. The molecule has 36 heavy (non-hydrogen) atoms. The lowest BCUT2D eigenvalue weighted by Crippen LogP contribution is -2.31. The van der Waals surface area contributed by atoms with Crippen LogP contribution in [-0.4, -0.2) is 48.8 Å². The zero-order valence-corrected chi connectivity index (χ0v) is 19.8. The van der Waals surface area contributed by atoms with E-state index in [-0.39, 0.29) is 41.5 Å². The first-order valence-corrected chi connectivity index (χ1v) is 11.1. The number of ether oxygens (including phenoxy) is 3. The van der Waals surface area contributed by atoms with Crippen LogP contribution in [0.2, 0.25) is 0 Å². The van der Waals surface area contributed by atoms with Gasteiger partial charge in [-0.15, -0.1) is 0 Å². The zero-order valence-electron chi connectivity index (χ0n) is 19.8. The summed E-state index contributed by atoms with van der Waals surface area (Å²) in [6.07, 6.45) is -1.08. The first-order valence-electron chi connectivity index (χ1n) is 11.1. The van der Waals surface area contributed by atoms with E-state index < -0.39 is 24.0 Å². The van der Waals surface area contributed by atoms with E-state index in [1.807, 2.05) is 0 Å². The molecule has 3 aromatic rings. The van der Waals surface area contributed by atoms with Crippen LogP contribution in [0, 0.1) is 0 Å². The second-order valence-electron chi connectivity index (χ2n) is 7.86. The lowest BCUT2D eigenvalue weighted by Gasteiger charge is -2.18. The minimum atomic E-state index is -1.08. The van der Waals surface area contributed by atoms with E-state index in [0.29, 0.717) is 11.1 Å². The Labute approximate surface area is 207 Å². The lowest BCUT2D eigenvalue weighted by molar-refractivity contribution is -0.0253. The molecule has 184 valence electrons. The summed E-state index contributed by atoms with van der Waals surface area (Å²) in [6, 6.07) is 20.0. The summed E-state index contributed by atoms with van der Waals surface area (Å²) >= 11 is 0. The van der Waals surface area contributed by atoms with Crippen molar-refractivity contribution in [1.82, 2.24) is 0 Å². The van der Waals surface area contributed by atoms with E-state index in [1.54, 1.807) is 30.3 Å². The Bertz CT molecular complexity index is 1170. The SMILES string of the molecule is CC(=O)c1ccc(C(=O)OCC(COC(=O)c2ccc(C(C)=O)cc2)OC(=O)c2ccccc2)cc1. The van der Waals surface area contributed by atoms with E-state index in [4.69, 9.17) is 14.2 Å². The average molecular weight is 488 g/mol. The van der Waals surface area contributed by atoms with Crippen molar-refractivity contribution in [1.29, 1.82) is 0 Å². The number of hydrogen-bond acceptors (Lipinski definition) is 8. The summed E-state index contributed by atoms with van der Waals surface area (Å²) < 4.78 is 16.0. The van der Waals surface area contributed by atoms with Crippen molar-refractivity contribution in [3.63, 3.8) is 0 Å². The molecule has 8 nitrogen and oxygen atoms in total. The summed E-state index contributed by atoms with van der Waals surface area (Å²) in [5.74, 6) is -2.35. The molecule has 0 aliphatic rings. The minimum absolute atomic E-state index is 0.138. The van der Waals surface area contributed by atoms with Crippen LogP contribution >= 0.6 is 0 Å². The number of benzene rings is 3. The van der Waals surface area contributed by atoms with Gasteiger partial charge in [-0.2, -0.15) is 0 Å². The summed E-state index contributed by atoms with van der Waals surface area (Å²) in [6.45, 7) is 2.08. The monoisotopic (exact) mass is 488 g/mol. The Morgan fingerprint density at radius 2 is 0.889 bits per heavy atom. The zero-order chi connectivity index (χ0) is 26.1. The van der Waals surface area contributed by atoms with Gasteiger partial charge in [0.2, 0.25) is 0 Å². The van der Waals surface area contributed by atoms with Crippen LogP contribution in [0.1, 0.15) is 65.6 Å². The number of carbonyl (C=O) groups excluding carboxylic acids is 5. The standard InChI is InChI=1S/C28H24O8/c1-18(29)20-8-12-23(13-9-20)26(31)34-16-25(36-28(33)22-6-4-3-5-7-22)17-35-27(32)24-14-10-21(11-15-24)19(2)30/h3-15,25H,16-17H2,1-2H3. The predicted molar refractivity (Wildman–Crippen MR) is 129 cm³/mol. The number of ketones is 2. The van der Waals surface area contributed by atoms with E-state index in [1.165, 1.54) is 62.4 Å². The summed E-state index contributed by atoms with van der Waals surface area (Å²) in [5.41, 5.74) is 1.58. The van der Waals surface area contributed by atoms with Crippen molar-refractivity contribution < 1.29 is 38.2 Å². The second kappa shape index (κ2) is 12.2. The molecule has 0 amide bonds. The Morgan fingerprint density at radius 3 is 1.28 bits per heavy atom. The van der Waals surface area contributed by atoms with Gasteiger partial charge < -0.3 is 14.2 Å². The fourth-order valence-electron chi connectivity index (χ4n) is 3.10. The summed E-state index contributed by atoms with van der Waals surface area (Å²) in [5, 5.41) is 0. The van der Waals surface area contributed by atoms with Crippen LogP contribution in [0.25, 0.3) is 0 Å². The Morgan fingerprint density at radius 1 is 0.528 bits per heavy atom. The molecule has 0 heterocycles. The number of carbonyl (C=O) groups is 5. The van der Waals surface area contributed by atoms with Crippen molar-refractivity contribution in [2.45, 2.75) is 20.0 Å². The fourth-order valence-corrected chi connectivity index (χ4v) is 3.10. The van der Waals surface area contributed by atoms with Gasteiger partial charge in [-0.1, -0.05) is 42.5 Å². The van der Waals surface area contributed by atoms with Crippen molar-refractivity contribution >= 4 is 29.5 Å². The van der Waals surface area contributed by atoms with E-state index in [2.05, 4.69) is 0 Å². The van der Waals surface area contributed by atoms with E-state index in [9.17, 15) is 24.0 Å². The van der Waals surface area contributed by atoms with Gasteiger partial charge in [-0.3, -0.25) is 9.59 Å². The molecule has 0 bridgehead atoms. The maximum atomic E-state index is 12.5. The Hall–Kier alpha value is -4.59. The molecular formula is C28H24O8. The third-order valence-electron chi connectivity index (χ3n) is 5.14. The minimum Gasteiger partial charge on any atom is -0.458 e. The first-order chi connectivity index (χ1) is 17.2. The van der Waals surface area contributed by atoms with E-state index >= 15 is 0 Å². The van der Waals surface area contributed by atoms with Gasteiger partial charge in [0.15, 0.2) is 17.7 Å². The molecule has 3 rings (SSSR count). The smallest absolute Gasteiger partial charge is 0.338 e. The summed E-state index contributed by atoms with van der Waals surface area (Å²) in [4.78, 5) is 60.3. The Kier molecular flexibility index (Phi) is 8.83. The van der Waals surface area contributed by atoms with Crippen molar-refractivity contribution in [3.05, 3.63) is 107 Å². The normalized spacial score (nSPS) is 10.4. The molecule has 0 unspecified atom stereocenters. The van der Waals surface area contributed by atoms with Gasteiger partial charge in [0.25, 0.3) is 0 Å². The molecule has 0 fully saturated rings. The van der Waals surface area contributed by atoms with Crippen LogP contribution in [-0.2, 0) is 14.2 Å². The van der Waals surface area contributed by atoms with Crippen LogP contribution in [0.15, 0.2) is 78.9 Å². The molecule has 0 N–H and O–H groups in total. The third-order valence-corrected chi connectivity index (χ3v) is 5.14. The van der Waals surface area contributed by atoms with Gasteiger partial charge in [-0.25, -0.2) is 14.4 Å². The van der Waals surface area contributed by atoms with Crippen LogP contribution in [0.3, 0.4) is 0 Å².